The summed E-state index contributed by atoms with van der Waals surface area (Å²) in [6, 6.07) is -0.910. The third kappa shape index (κ3) is 3.01. The first-order chi connectivity index (χ1) is 7.52. The van der Waals surface area contributed by atoms with E-state index in [1.165, 1.54) is 18.7 Å². The third-order valence-corrected chi connectivity index (χ3v) is 2.04. The standard InChI is InChI=1S/C10H13N3O3/c1-6(2)8(10(15)16)13-9(14)7-3-11-5-12-4-7/h3-6,8H,1-2H3,(H,13,14)(H,15,16)/t8-/m0/s1. The Bertz CT molecular complexity index is 378. The number of hydrogen-bond donors (Lipinski definition) is 2. The molecule has 2 N–H and O–H groups in total. The number of rotatable bonds is 4. The average molecular weight is 223 g/mol. The summed E-state index contributed by atoms with van der Waals surface area (Å²) in [6.07, 6.45) is 3.97. The SMILES string of the molecule is CC(C)[C@H](NC(=O)c1cncnc1)C(=O)O. The molecule has 0 aliphatic heterocycles. The summed E-state index contributed by atoms with van der Waals surface area (Å²) in [5.41, 5.74) is 0.245. The van der Waals surface area contributed by atoms with Gasteiger partial charge in [-0.2, -0.15) is 0 Å². The summed E-state index contributed by atoms with van der Waals surface area (Å²) < 4.78 is 0. The molecule has 6 heteroatoms. The van der Waals surface area contributed by atoms with Crippen molar-refractivity contribution in [3.05, 3.63) is 24.3 Å². The van der Waals surface area contributed by atoms with E-state index in [2.05, 4.69) is 15.3 Å². The van der Waals surface area contributed by atoms with Crippen LogP contribution in [0.4, 0.5) is 0 Å². The molecule has 1 atom stereocenters. The van der Waals surface area contributed by atoms with Crippen molar-refractivity contribution >= 4 is 11.9 Å². The van der Waals surface area contributed by atoms with Crippen LogP contribution in [0.2, 0.25) is 0 Å². The van der Waals surface area contributed by atoms with E-state index in [0.29, 0.717) is 0 Å². The minimum atomic E-state index is -1.06. The van der Waals surface area contributed by atoms with Gasteiger partial charge in [0.25, 0.3) is 5.91 Å². The third-order valence-electron chi connectivity index (χ3n) is 2.04. The quantitative estimate of drug-likeness (QED) is 0.766. The zero-order valence-corrected chi connectivity index (χ0v) is 9.04. The molecule has 0 aliphatic rings. The van der Waals surface area contributed by atoms with Crippen molar-refractivity contribution < 1.29 is 14.7 Å². The summed E-state index contributed by atoms with van der Waals surface area (Å²) in [7, 11) is 0. The van der Waals surface area contributed by atoms with E-state index in [-0.39, 0.29) is 11.5 Å². The highest BCUT2D eigenvalue weighted by Gasteiger charge is 2.23. The number of nitrogens with zero attached hydrogens (tertiary/aromatic N) is 2. The van der Waals surface area contributed by atoms with Gasteiger partial charge in [0.2, 0.25) is 0 Å². The molecule has 16 heavy (non-hydrogen) atoms. The molecular formula is C10H13N3O3. The fourth-order valence-corrected chi connectivity index (χ4v) is 1.15. The molecule has 0 aromatic carbocycles. The number of aromatic nitrogens is 2. The normalized spacial score (nSPS) is 12.2. The Balaban J connectivity index is 2.74. The Morgan fingerprint density at radius 2 is 1.88 bits per heavy atom. The molecule has 0 saturated carbocycles. The number of amides is 1. The van der Waals surface area contributed by atoms with Crippen LogP contribution in [0.3, 0.4) is 0 Å². The lowest BCUT2D eigenvalue weighted by Crippen LogP contribution is -2.44. The van der Waals surface area contributed by atoms with Gasteiger partial charge in [0, 0.05) is 12.4 Å². The van der Waals surface area contributed by atoms with Gasteiger partial charge in [0.05, 0.1) is 5.56 Å². The van der Waals surface area contributed by atoms with Crippen LogP contribution >= 0.6 is 0 Å². The lowest BCUT2D eigenvalue weighted by atomic mass is 10.0. The summed E-state index contributed by atoms with van der Waals surface area (Å²) >= 11 is 0. The molecule has 0 aliphatic carbocycles. The van der Waals surface area contributed by atoms with Crippen molar-refractivity contribution in [2.24, 2.45) is 5.92 Å². The topological polar surface area (TPSA) is 92.2 Å². The number of carbonyl (C=O) groups is 2. The van der Waals surface area contributed by atoms with Crippen LogP contribution in [0.1, 0.15) is 24.2 Å². The first-order valence-corrected chi connectivity index (χ1v) is 4.81. The van der Waals surface area contributed by atoms with Crippen LogP contribution < -0.4 is 5.32 Å². The maximum Gasteiger partial charge on any atom is 0.326 e. The van der Waals surface area contributed by atoms with E-state index in [4.69, 9.17) is 5.11 Å². The van der Waals surface area contributed by atoms with Crippen molar-refractivity contribution in [2.75, 3.05) is 0 Å². The van der Waals surface area contributed by atoms with Crippen molar-refractivity contribution in [3.63, 3.8) is 0 Å². The first-order valence-electron chi connectivity index (χ1n) is 4.81. The lowest BCUT2D eigenvalue weighted by Gasteiger charge is -2.17. The summed E-state index contributed by atoms with van der Waals surface area (Å²) in [5.74, 6) is -1.73. The average Bonchev–Trinajstić information content (AvgIpc) is 2.25. The van der Waals surface area contributed by atoms with E-state index in [1.807, 2.05) is 0 Å². The molecule has 1 aromatic rings. The predicted molar refractivity (Wildman–Crippen MR) is 55.8 cm³/mol. The molecule has 0 bridgehead atoms. The highest BCUT2D eigenvalue weighted by atomic mass is 16.4. The van der Waals surface area contributed by atoms with Crippen molar-refractivity contribution in [1.82, 2.24) is 15.3 Å². The smallest absolute Gasteiger partial charge is 0.326 e. The maximum absolute atomic E-state index is 11.6. The second-order valence-corrected chi connectivity index (χ2v) is 3.66. The zero-order chi connectivity index (χ0) is 12.1. The van der Waals surface area contributed by atoms with E-state index in [1.54, 1.807) is 13.8 Å². The molecule has 86 valence electrons. The largest absolute Gasteiger partial charge is 0.480 e. The minimum Gasteiger partial charge on any atom is -0.480 e. The number of carboxylic acids is 1. The Morgan fingerprint density at radius 3 is 2.31 bits per heavy atom. The number of carboxylic acid groups (broad SMARTS) is 1. The minimum absolute atomic E-state index is 0.189. The molecule has 0 spiro atoms. The highest BCUT2D eigenvalue weighted by Crippen LogP contribution is 2.03. The number of hydrogen-bond acceptors (Lipinski definition) is 4. The van der Waals surface area contributed by atoms with Gasteiger partial charge in [-0.15, -0.1) is 0 Å². The van der Waals surface area contributed by atoms with Gasteiger partial charge in [-0.1, -0.05) is 13.8 Å². The van der Waals surface area contributed by atoms with Crippen LogP contribution in [0.5, 0.6) is 0 Å². The summed E-state index contributed by atoms with van der Waals surface area (Å²) in [6.45, 7) is 3.45. The Kier molecular flexibility index (Phi) is 3.93. The van der Waals surface area contributed by atoms with Crippen molar-refractivity contribution in [3.8, 4) is 0 Å². The van der Waals surface area contributed by atoms with Gasteiger partial charge in [0.1, 0.15) is 12.4 Å². The number of aliphatic carboxylic acids is 1. The zero-order valence-electron chi connectivity index (χ0n) is 9.04. The molecule has 0 saturated heterocycles. The van der Waals surface area contributed by atoms with Gasteiger partial charge in [-0.25, -0.2) is 14.8 Å². The molecule has 1 heterocycles. The van der Waals surface area contributed by atoms with E-state index >= 15 is 0 Å². The fourth-order valence-electron chi connectivity index (χ4n) is 1.15. The molecular weight excluding hydrogens is 210 g/mol. The molecule has 6 nitrogen and oxygen atoms in total. The Labute approximate surface area is 92.7 Å². The van der Waals surface area contributed by atoms with Crippen LogP contribution in [0.25, 0.3) is 0 Å². The van der Waals surface area contributed by atoms with E-state index < -0.39 is 17.9 Å². The van der Waals surface area contributed by atoms with Gasteiger partial charge in [0.15, 0.2) is 0 Å². The highest BCUT2D eigenvalue weighted by molar-refractivity contribution is 5.96. The van der Waals surface area contributed by atoms with E-state index in [9.17, 15) is 9.59 Å². The summed E-state index contributed by atoms with van der Waals surface area (Å²) in [5, 5.41) is 11.3. The van der Waals surface area contributed by atoms with Crippen LogP contribution in [0.15, 0.2) is 18.7 Å². The first kappa shape index (κ1) is 12.1. The maximum atomic E-state index is 11.6. The number of nitrogens with one attached hydrogen (secondary N) is 1. The van der Waals surface area contributed by atoms with Crippen LogP contribution in [0, 0.1) is 5.92 Å². The van der Waals surface area contributed by atoms with Gasteiger partial charge < -0.3 is 10.4 Å². The lowest BCUT2D eigenvalue weighted by molar-refractivity contribution is -0.140. The Hall–Kier alpha value is -1.98. The molecule has 1 aromatic heterocycles. The predicted octanol–water partition coefficient (Wildman–Crippen LogP) is 0.316. The molecule has 0 radical (unpaired) electrons. The van der Waals surface area contributed by atoms with Gasteiger partial charge >= 0.3 is 5.97 Å². The molecule has 0 fully saturated rings. The second-order valence-electron chi connectivity index (χ2n) is 3.66. The second kappa shape index (κ2) is 5.20. The molecule has 1 amide bonds. The fraction of sp³-hybridized carbons (Fsp3) is 0.400. The van der Waals surface area contributed by atoms with Crippen LogP contribution in [-0.2, 0) is 4.79 Å². The van der Waals surface area contributed by atoms with Crippen molar-refractivity contribution in [2.45, 2.75) is 19.9 Å². The molecule has 1 rings (SSSR count). The Morgan fingerprint density at radius 1 is 1.31 bits per heavy atom. The van der Waals surface area contributed by atoms with E-state index in [0.717, 1.165) is 0 Å². The monoisotopic (exact) mass is 223 g/mol. The number of carbonyl (C=O) groups excluding carboxylic acids is 1. The van der Waals surface area contributed by atoms with Gasteiger partial charge in [-0.05, 0) is 5.92 Å². The van der Waals surface area contributed by atoms with Crippen molar-refractivity contribution in [1.29, 1.82) is 0 Å². The molecule has 0 unspecified atom stereocenters. The summed E-state index contributed by atoms with van der Waals surface area (Å²) in [4.78, 5) is 29.8. The van der Waals surface area contributed by atoms with Crippen LogP contribution in [-0.4, -0.2) is 33.0 Å². The van der Waals surface area contributed by atoms with Gasteiger partial charge in [-0.3, -0.25) is 4.79 Å².